The second-order valence-electron chi connectivity index (χ2n) is 3.01. The maximum atomic E-state index is 11.1. The van der Waals surface area contributed by atoms with Crippen LogP contribution in [-0.2, 0) is 9.53 Å². The second kappa shape index (κ2) is 5.38. The van der Waals surface area contributed by atoms with Gasteiger partial charge in [0, 0.05) is 6.04 Å². The van der Waals surface area contributed by atoms with Crippen molar-refractivity contribution < 1.29 is 9.53 Å². The van der Waals surface area contributed by atoms with Crippen molar-refractivity contribution in [3.63, 3.8) is 0 Å². The van der Waals surface area contributed by atoms with Crippen molar-refractivity contribution in [3.05, 3.63) is 0 Å². The number of carbonyl (C=O) groups is 1. The molecule has 4 heteroatoms. The molecule has 1 aliphatic rings. The zero-order chi connectivity index (χ0) is 8.27. The Hall–Kier alpha value is -0.280. The lowest BCUT2D eigenvalue weighted by Crippen LogP contribution is -2.43. The van der Waals surface area contributed by atoms with Gasteiger partial charge in [0.15, 0.2) is 0 Å². The molecule has 0 aliphatic carbocycles. The summed E-state index contributed by atoms with van der Waals surface area (Å²) in [4.78, 5) is 11.1. The van der Waals surface area contributed by atoms with Crippen LogP contribution in [0.3, 0.4) is 0 Å². The molecule has 0 radical (unpaired) electrons. The normalized spacial score (nSPS) is 28.8. The maximum Gasteiger partial charge on any atom is 0.310 e. The van der Waals surface area contributed by atoms with Gasteiger partial charge in [-0.25, -0.2) is 0 Å². The van der Waals surface area contributed by atoms with Crippen molar-refractivity contribution >= 4 is 18.4 Å². The molecular weight excluding hydrogens is 178 g/mol. The van der Waals surface area contributed by atoms with Gasteiger partial charge in [-0.05, 0) is 26.3 Å². The molecule has 0 aromatic rings. The minimum atomic E-state index is -0.0790. The van der Waals surface area contributed by atoms with Crippen LogP contribution in [0.2, 0.25) is 0 Å². The van der Waals surface area contributed by atoms with Gasteiger partial charge in [-0.15, -0.1) is 12.4 Å². The molecule has 1 rings (SSSR count). The average molecular weight is 194 g/mol. The molecular formula is C8H16ClNO2. The molecule has 0 aromatic heterocycles. The van der Waals surface area contributed by atoms with E-state index in [0.29, 0.717) is 0 Å². The quantitative estimate of drug-likeness (QED) is 0.631. The highest BCUT2D eigenvalue weighted by Gasteiger charge is 2.27. The molecule has 1 fully saturated rings. The molecule has 1 heterocycles. The minimum Gasteiger partial charge on any atom is -0.469 e. The van der Waals surface area contributed by atoms with Crippen molar-refractivity contribution in [1.82, 2.24) is 5.32 Å². The molecule has 12 heavy (non-hydrogen) atoms. The van der Waals surface area contributed by atoms with Crippen LogP contribution in [-0.4, -0.2) is 25.7 Å². The lowest BCUT2D eigenvalue weighted by molar-refractivity contribution is -0.147. The largest absolute Gasteiger partial charge is 0.469 e. The molecule has 3 nitrogen and oxygen atoms in total. The summed E-state index contributed by atoms with van der Waals surface area (Å²) in [5.41, 5.74) is 0. The van der Waals surface area contributed by atoms with Gasteiger partial charge in [0.05, 0.1) is 13.0 Å². The molecule has 1 aliphatic heterocycles. The third kappa shape index (κ3) is 2.64. The zero-order valence-corrected chi connectivity index (χ0v) is 8.32. The molecule has 0 bridgehead atoms. The van der Waals surface area contributed by atoms with Gasteiger partial charge in [0.1, 0.15) is 0 Å². The van der Waals surface area contributed by atoms with Gasteiger partial charge in [0.25, 0.3) is 0 Å². The van der Waals surface area contributed by atoms with Crippen LogP contribution in [0.15, 0.2) is 0 Å². The van der Waals surface area contributed by atoms with Crippen molar-refractivity contribution in [2.45, 2.75) is 25.8 Å². The fraction of sp³-hybridized carbons (Fsp3) is 0.875. The molecule has 0 aromatic carbocycles. The summed E-state index contributed by atoms with van der Waals surface area (Å²) in [5.74, 6) is -0.0153. The first-order chi connectivity index (χ1) is 5.25. The third-order valence-corrected chi connectivity index (χ3v) is 2.27. The summed E-state index contributed by atoms with van der Waals surface area (Å²) in [5, 5.41) is 3.25. The summed E-state index contributed by atoms with van der Waals surface area (Å²) in [6, 6.07) is 0.274. The Labute approximate surface area is 79.3 Å². The Bertz CT molecular complexity index is 152. The van der Waals surface area contributed by atoms with E-state index in [2.05, 4.69) is 10.1 Å². The predicted octanol–water partition coefficient (Wildman–Crippen LogP) is 0.969. The Morgan fingerprint density at radius 2 is 2.25 bits per heavy atom. The smallest absolute Gasteiger partial charge is 0.310 e. The van der Waals surface area contributed by atoms with E-state index >= 15 is 0 Å². The summed E-state index contributed by atoms with van der Waals surface area (Å²) in [6.07, 6.45) is 2.03. The van der Waals surface area contributed by atoms with Crippen LogP contribution < -0.4 is 5.32 Å². The first-order valence-electron chi connectivity index (χ1n) is 4.07. The molecule has 0 unspecified atom stereocenters. The van der Waals surface area contributed by atoms with Crippen LogP contribution in [0.1, 0.15) is 19.8 Å². The number of nitrogens with one attached hydrogen (secondary N) is 1. The average Bonchev–Trinajstić information content (AvgIpc) is 2.04. The van der Waals surface area contributed by atoms with Crippen molar-refractivity contribution in [2.75, 3.05) is 13.7 Å². The van der Waals surface area contributed by atoms with Crippen LogP contribution in [0.5, 0.6) is 0 Å². The molecule has 1 saturated heterocycles. The van der Waals surface area contributed by atoms with E-state index in [9.17, 15) is 4.79 Å². The van der Waals surface area contributed by atoms with E-state index < -0.39 is 0 Å². The van der Waals surface area contributed by atoms with Gasteiger partial charge >= 0.3 is 5.97 Å². The molecule has 0 spiro atoms. The highest BCUT2D eigenvalue weighted by molar-refractivity contribution is 5.85. The third-order valence-electron chi connectivity index (χ3n) is 2.27. The molecule has 72 valence electrons. The van der Waals surface area contributed by atoms with E-state index in [0.717, 1.165) is 19.4 Å². The number of rotatable bonds is 1. The Morgan fingerprint density at radius 1 is 1.58 bits per heavy atom. The SMILES string of the molecule is COC(=O)[C@H]1CCCN[C@H]1C.Cl. The van der Waals surface area contributed by atoms with Crippen molar-refractivity contribution in [2.24, 2.45) is 5.92 Å². The van der Waals surface area contributed by atoms with Crippen LogP contribution in [0.4, 0.5) is 0 Å². The summed E-state index contributed by atoms with van der Waals surface area (Å²) in [7, 11) is 1.45. The van der Waals surface area contributed by atoms with E-state index in [1.165, 1.54) is 7.11 Å². The highest BCUT2D eigenvalue weighted by atomic mass is 35.5. The fourth-order valence-electron chi connectivity index (χ4n) is 1.52. The first kappa shape index (κ1) is 11.7. The molecule has 2 atom stereocenters. The van der Waals surface area contributed by atoms with E-state index in [1.54, 1.807) is 0 Å². The highest BCUT2D eigenvalue weighted by Crippen LogP contribution is 2.16. The monoisotopic (exact) mass is 193 g/mol. The number of esters is 1. The van der Waals surface area contributed by atoms with Crippen LogP contribution in [0.25, 0.3) is 0 Å². The maximum absolute atomic E-state index is 11.1. The first-order valence-corrected chi connectivity index (χ1v) is 4.07. The molecule has 0 saturated carbocycles. The lowest BCUT2D eigenvalue weighted by atomic mass is 9.92. The number of piperidine rings is 1. The van der Waals surface area contributed by atoms with Crippen LogP contribution in [0, 0.1) is 5.92 Å². The van der Waals surface area contributed by atoms with Gasteiger partial charge in [0.2, 0.25) is 0 Å². The van der Waals surface area contributed by atoms with Gasteiger partial charge in [-0.3, -0.25) is 4.79 Å². The number of ether oxygens (including phenoxy) is 1. The molecule has 0 amide bonds. The van der Waals surface area contributed by atoms with Crippen molar-refractivity contribution in [3.8, 4) is 0 Å². The van der Waals surface area contributed by atoms with Gasteiger partial charge in [-0.2, -0.15) is 0 Å². The van der Waals surface area contributed by atoms with Gasteiger partial charge < -0.3 is 10.1 Å². The zero-order valence-electron chi connectivity index (χ0n) is 7.50. The number of hydrogen-bond acceptors (Lipinski definition) is 3. The van der Waals surface area contributed by atoms with Crippen LogP contribution >= 0.6 is 12.4 Å². The number of methoxy groups -OCH3 is 1. The Balaban J connectivity index is 0.00000121. The van der Waals surface area contributed by atoms with Gasteiger partial charge in [-0.1, -0.05) is 0 Å². The number of carbonyl (C=O) groups excluding carboxylic acids is 1. The second-order valence-corrected chi connectivity index (χ2v) is 3.01. The van der Waals surface area contributed by atoms with E-state index in [-0.39, 0.29) is 30.3 Å². The standard InChI is InChI=1S/C8H15NO2.ClH/c1-6-7(8(10)11-2)4-3-5-9-6;/h6-7,9H,3-5H2,1-2H3;1H/t6-,7-;/m0./s1. The Kier molecular flexibility index (Phi) is 5.25. The lowest BCUT2D eigenvalue weighted by Gasteiger charge is -2.27. The topological polar surface area (TPSA) is 38.3 Å². The van der Waals surface area contributed by atoms with E-state index in [1.807, 2.05) is 6.92 Å². The summed E-state index contributed by atoms with van der Waals surface area (Å²) in [6.45, 7) is 3.05. The summed E-state index contributed by atoms with van der Waals surface area (Å²) >= 11 is 0. The number of hydrogen-bond donors (Lipinski definition) is 1. The number of halogens is 1. The van der Waals surface area contributed by atoms with E-state index in [4.69, 9.17) is 0 Å². The Morgan fingerprint density at radius 3 is 2.75 bits per heavy atom. The fourth-order valence-corrected chi connectivity index (χ4v) is 1.52. The predicted molar refractivity (Wildman–Crippen MR) is 49.5 cm³/mol. The molecule has 1 N–H and O–H groups in total. The van der Waals surface area contributed by atoms with Crippen molar-refractivity contribution in [1.29, 1.82) is 0 Å². The summed E-state index contributed by atoms with van der Waals surface area (Å²) < 4.78 is 4.68. The minimum absolute atomic E-state index is 0.